The molecule has 282 valence electrons. The standard InChI is InChI=1S/C22H35N3O7.C6H14.C4H7F3.C3H8/c1-4-13(2)32-22(31)24-17(15-9-6-5-7-10-15)20(28)25-12-8-11-16(25)19(27)23-14(3)18(26)21(29)30;1-5-6(2,3)4;1-2-3-4(5,6)7;1-3-2/h13-17H,4-12H2,1-3H3,(H,23,27)(H,24,31)(H,29,30);5H2,1-4H3;2-3H2,1H3;3H2,1-2H3. The average Bonchev–Trinajstić information content (AvgIpc) is 3.50. The van der Waals surface area contributed by atoms with Crippen LogP contribution in [0.2, 0.25) is 0 Å². The Kier molecular flexibility index (Phi) is 23.9. The number of hydrogen-bond donors (Lipinski definition) is 3. The molecule has 13 heteroatoms. The van der Waals surface area contributed by atoms with Gasteiger partial charge >= 0.3 is 18.2 Å². The minimum absolute atomic E-state index is 0.0439. The fourth-order valence-electron chi connectivity index (χ4n) is 4.60. The molecule has 0 bridgehead atoms. The molecule has 4 atom stereocenters. The van der Waals surface area contributed by atoms with E-state index < -0.39 is 54.5 Å². The normalized spacial score (nSPS) is 18.2. The van der Waals surface area contributed by atoms with E-state index in [1.165, 1.54) is 31.6 Å². The summed E-state index contributed by atoms with van der Waals surface area (Å²) in [5.74, 6) is -3.70. The second kappa shape index (κ2) is 24.3. The van der Waals surface area contributed by atoms with Gasteiger partial charge < -0.3 is 25.4 Å². The van der Waals surface area contributed by atoms with Crippen LogP contribution in [0, 0.1) is 11.3 Å². The van der Waals surface area contributed by atoms with Gasteiger partial charge in [-0.2, -0.15) is 13.2 Å². The van der Waals surface area contributed by atoms with Gasteiger partial charge in [0.2, 0.25) is 11.8 Å². The lowest BCUT2D eigenvalue weighted by molar-refractivity contribution is -0.150. The Bertz CT molecular complexity index is 964. The van der Waals surface area contributed by atoms with Crippen molar-refractivity contribution in [1.29, 1.82) is 0 Å². The highest BCUT2D eigenvalue weighted by Crippen LogP contribution is 2.29. The van der Waals surface area contributed by atoms with Gasteiger partial charge in [0.15, 0.2) is 0 Å². The third kappa shape index (κ3) is 21.2. The van der Waals surface area contributed by atoms with Crippen LogP contribution >= 0.6 is 0 Å². The van der Waals surface area contributed by atoms with Crippen molar-refractivity contribution >= 4 is 29.7 Å². The Morgan fingerprint density at radius 1 is 0.875 bits per heavy atom. The van der Waals surface area contributed by atoms with Crippen LogP contribution in [0.1, 0.15) is 146 Å². The maximum Gasteiger partial charge on any atom is 0.408 e. The maximum absolute atomic E-state index is 13.5. The molecule has 0 radical (unpaired) electrons. The van der Waals surface area contributed by atoms with Crippen molar-refractivity contribution in [2.75, 3.05) is 6.54 Å². The van der Waals surface area contributed by atoms with Crippen molar-refractivity contribution in [3.8, 4) is 0 Å². The number of halogens is 3. The summed E-state index contributed by atoms with van der Waals surface area (Å²) in [6.45, 7) is 20.0. The Balaban J connectivity index is 0. The maximum atomic E-state index is 13.5. The van der Waals surface area contributed by atoms with E-state index in [4.69, 9.17) is 9.84 Å². The number of carbonyl (C=O) groups is 5. The fraction of sp³-hybridized carbons (Fsp3) is 0.857. The van der Waals surface area contributed by atoms with Crippen LogP contribution in [-0.2, 0) is 23.9 Å². The smallest absolute Gasteiger partial charge is 0.408 e. The largest absolute Gasteiger partial charge is 0.475 e. The number of nitrogens with zero attached hydrogens (tertiary/aromatic N) is 1. The minimum Gasteiger partial charge on any atom is -0.475 e. The van der Waals surface area contributed by atoms with Gasteiger partial charge in [0.05, 0.1) is 6.04 Å². The van der Waals surface area contributed by atoms with Gasteiger partial charge in [-0.25, -0.2) is 9.59 Å². The molecule has 2 rings (SSSR count). The number of carbonyl (C=O) groups excluding carboxylic acids is 4. The molecule has 48 heavy (non-hydrogen) atoms. The molecule has 1 saturated carbocycles. The lowest BCUT2D eigenvalue weighted by atomic mass is 9.83. The van der Waals surface area contributed by atoms with E-state index in [2.05, 4.69) is 52.2 Å². The Labute approximate surface area is 286 Å². The van der Waals surface area contributed by atoms with E-state index in [0.29, 0.717) is 31.2 Å². The lowest BCUT2D eigenvalue weighted by Gasteiger charge is -2.34. The highest BCUT2D eigenvalue weighted by atomic mass is 19.4. The van der Waals surface area contributed by atoms with E-state index in [9.17, 15) is 37.1 Å². The SMILES string of the molecule is CCC.CCC(C)(C)C.CCC(C)OC(=O)NC(C(=O)N1CCCC1C(=O)NC(C)C(=O)C(=O)O)C1CCCCC1.CCCC(F)(F)F. The second-order valence-corrected chi connectivity index (χ2v) is 13.7. The van der Waals surface area contributed by atoms with Crippen LogP contribution < -0.4 is 10.6 Å². The Morgan fingerprint density at radius 3 is 1.79 bits per heavy atom. The monoisotopic (exact) mass is 695 g/mol. The van der Waals surface area contributed by atoms with Gasteiger partial charge in [-0.15, -0.1) is 0 Å². The van der Waals surface area contributed by atoms with Crippen molar-refractivity contribution in [3.05, 3.63) is 0 Å². The minimum atomic E-state index is -3.95. The van der Waals surface area contributed by atoms with Crippen molar-refractivity contribution in [1.82, 2.24) is 15.5 Å². The molecule has 1 heterocycles. The molecule has 2 aliphatic rings. The number of alkyl carbamates (subject to hydrolysis) is 1. The third-order valence-corrected chi connectivity index (χ3v) is 7.94. The number of ketones is 1. The highest BCUT2D eigenvalue weighted by molar-refractivity contribution is 6.35. The van der Waals surface area contributed by atoms with Crippen LogP contribution in [0.5, 0.6) is 0 Å². The molecular formula is C35H64F3N3O7. The summed E-state index contributed by atoms with van der Waals surface area (Å²) in [4.78, 5) is 62.5. The number of carboxylic acid groups (broad SMARTS) is 1. The number of Topliss-reactive ketones (excluding diaryl/α,β-unsaturated/α-hetero) is 1. The predicted octanol–water partition coefficient (Wildman–Crippen LogP) is 7.82. The van der Waals surface area contributed by atoms with Crippen LogP contribution in [0.25, 0.3) is 0 Å². The summed E-state index contributed by atoms with van der Waals surface area (Å²) in [5, 5.41) is 14.0. The summed E-state index contributed by atoms with van der Waals surface area (Å²) < 4.78 is 38.5. The Morgan fingerprint density at radius 2 is 1.40 bits per heavy atom. The molecule has 10 nitrogen and oxygen atoms in total. The van der Waals surface area contributed by atoms with E-state index in [1.807, 2.05) is 6.92 Å². The molecule has 1 aliphatic heterocycles. The van der Waals surface area contributed by atoms with E-state index in [-0.39, 0.29) is 24.3 Å². The van der Waals surface area contributed by atoms with E-state index in [1.54, 1.807) is 6.92 Å². The predicted molar refractivity (Wildman–Crippen MR) is 181 cm³/mol. The molecule has 1 aliphatic carbocycles. The number of alkyl halides is 3. The van der Waals surface area contributed by atoms with E-state index in [0.717, 1.165) is 32.1 Å². The van der Waals surface area contributed by atoms with Crippen molar-refractivity contribution in [2.45, 2.75) is 177 Å². The van der Waals surface area contributed by atoms with Gasteiger partial charge in [0.25, 0.3) is 5.78 Å². The lowest BCUT2D eigenvalue weighted by Crippen LogP contribution is -2.57. The van der Waals surface area contributed by atoms with Gasteiger partial charge in [0, 0.05) is 13.0 Å². The molecule has 0 aromatic heterocycles. The molecule has 4 unspecified atom stereocenters. The second-order valence-electron chi connectivity index (χ2n) is 13.7. The number of nitrogens with one attached hydrogen (secondary N) is 2. The topological polar surface area (TPSA) is 142 Å². The zero-order valence-corrected chi connectivity index (χ0v) is 31.1. The summed E-state index contributed by atoms with van der Waals surface area (Å²) in [6, 6.07) is -2.81. The first-order chi connectivity index (χ1) is 22.2. The van der Waals surface area contributed by atoms with Crippen molar-refractivity contribution in [3.63, 3.8) is 0 Å². The fourth-order valence-corrected chi connectivity index (χ4v) is 4.60. The summed E-state index contributed by atoms with van der Waals surface area (Å²) in [5.41, 5.74) is 0.542. The number of hydrogen-bond acceptors (Lipinski definition) is 6. The molecule has 2 fully saturated rings. The zero-order chi connectivity index (χ0) is 37.7. The number of ether oxygens (including phenoxy) is 1. The number of rotatable bonds is 10. The molecule has 0 aromatic rings. The van der Waals surface area contributed by atoms with Gasteiger partial charge in [-0.3, -0.25) is 14.4 Å². The van der Waals surface area contributed by atoms with Gasteiger partial charge in [0.1, 0.15) is 18.2 Å². The molecular weight excluding hydrogens is 631 g/mol. The van der Waals surface area contributed by atoms with Gasteiger partial charge in [-0.05, 0) is 63.7 Å². The third-order valence-electron chi connectivity index (χ3n) is 7.94. The zero-order valence-electron chi connectivity index (χ0n) is 31.1. The summed E-state index contributed by atoms with van der Waals surface area (Å²) in [6.07, 6.45) is 3.43. The number of likely N-dealkylation sites (tertiary alicyclic amines) is 1. The van der Waals surface area contributed by atoms with Crippen LogP contribution in [-0.4, -0.2) is 76.6 Å². The summed E-state index contributed by atoms with van der Waals surface area (Å²) in [7, 11) is 0. The van der Waals surface area contributed by atoms with Crippen LogP contribution in [0.4, 0.5) is 18.0 Å². The number of aliphatic carboxylic acids is 1. The first-order valence-corrected chi connectivity index (χ1v) is 17.6. The van der Waals surface area contributed by atoms with Crippen LogP contribution in [0.15, 0.2) is 0 Å². The first kappa shape index (κ1) is 47.3. The quantitative estimate of drug-likeness (QED) is 0.198. The molecule has 1 saturated heterocycles. The molecule has 0 spiro atoms. The molecule has 0 aromatic carbocycles. The Hall–Kier alpha value is -2.86. The summed E-state index contributed by atoms with van der Waals surface area (Å²) >= 11 is 0. The van der Waals surface area contributed by atoms with Gasteiger partial charge in [-0.1, -0.05) is 87.5 Å². The van der Waals surface area contributed by atoms with E-state index >= 15 is 0 Å². The molecule has 3 N–H and O–H groups in total. The molecule has 3 amide bonds. The first-order valence-electron chi connectivity index (χ1n) is 17.6. The van der Waals surface area contributed by atoms with Crippen molar-refractivity contribution in [2.24, 2.45) is 11.3 Å². The van der Waals surface area contributed by atoms with Crippen molar-refractivity contribution < 1.29 is 47.0 Å². The number of amides is 3. The average molecular weight is 696 g/mol. The highest BCUT2D eigenvalue weighted by Gasteiger charge is 2.41. The van der Waals surface area contributed by atoms with Crippen LogP contribution in [0.3, 0.4) is 0 Å². The number of carboxylic acids is 1.